The van der Waals surface area contributed by atoms with Gasteiger partial charge in [0.2, 0.25) is 0 Å². The zero-order chi connectivity index (χ0) is 14.0. The first-order valence-corrected chi connectivity index (χ1v) is 5.98. The quantitative estimate of drug-likeness (QED) is 0.639. The highest BCUT2D eigenvalue weighted by molar-refractivity contribution is 5.85. The van der Waals surface area contributed by atoms with Crippen molar-refractivity contribution in [2.75, 3.05) is 11.1 Å². The van der Waals surface area contributed by atoms with Gasteiger partial charge in [-0.3, -0.25) is 0 Å². The maximum atomic E-state index is 12.1. The molecular weight excluding hydrogens is 228 g/mol. The number of carbonyl (C=O) groups is 1. The molecule has 0 aliphatic rings. The summed E-state index contributed by atoms with van der Waals surface area (Å²) in [5.41, 5.74) is 5.84. The molecule has 0 aromatic heterocycles. The van der Waals surface area contributed by atoms with Crippen LogP contribution in [0.2, 0.25) is 0 Å². The van der Waals surface area contributed by atoms with Gasteiger partial charge in [0, 0.05) is 0 Å². The molecular formula is C14H22N2O2. The van der Waals surface area contributed by atoms with E-state index in [1.165, 1.54) is 0 Å². The van der Waals surface area contributed by atoms with Crippen LogP contribution in [0.15, 0.2) is 24.3 Å². The van der Waals surface area contributed by atoms with E-state index in [9.17, 15) is 4.79 Å². The van der Waals surface area contributed by atoms with Crippen molar-refractivity contribution < 1.29 is 9.53 Å². The number of hydrogen-bond acceptors (Lipinski definition) is 4. The highest BCUT2D eigenvalue weighted by Gasteiger charge is 2.32. The van der Waals surface area contributed by atoms with E-state index in [4.69, 9.17) is 10.5 Å². The molecule has 0 spiro atoms. The molecule has 18 heavy (non-hydrogen) atoms. The first-order valence-electron chi connectivity index (χ1n) is 5.98. The summed E-state index contributed by atoms with van der Waals surface area (Å²) in [6, 6.07) is 7.33. The topological polar surface area (TPSA) is 64.3 Å². The maximum Gasteiger partial charge on any atom is 0.331 e. The number of carbonyl (C=O) groups excluding carboxylic acids is 1. The second-order valence-electron chi connectivity index (χ2n) is 5.84. The van der Waals surface area contributed by atoms with Gasteiger partial charge in [0.05, 0.1) is 11.4 Å². The molecule has 0 aliphatic carbocycles. The van der Waals surface area contributed by atoms with Crippen LogP contribution in [0, 0.1) is 0 Å². The van der Waals surface area contributed by atoms with Crippen LogP contribution in [0.4, 0.5) is 11.4 Å². The summed E-state index contributed by atoms with van der Waals surface area (Å²) in [6.45, 7) is 9.08. The Morgan fingerprint density at radius 3 is 2.22 bits per heavy atom. The Kier molecular flexibility index (Phi) is 3.89. The average molecular weight is 250 g/mol. The van der Waals surface area contributed by atoms with Gasteiger partial charge in [-0.25, -0.2) is 4.79 Å². The lowest BCUT2D eigenvalue weighted by Gasteiger charge is -2.30. The number of nitrogen functional groups attached to an aromatic ring is 1. The second kappa shape index (κ2) is 4.88. The second-order valence-corrected chi connectivity index (χ2v) is 5.84. The molecule has 4 heteroatoms. The first-order chi connectivity index (χ1) is 8.12. The van der Waals surface area contributed by atoms with E-state index in [-0.39, 0.29) is 5.97 Å². The third kappa shape index (κ3) is 3.95. The smallest absolute Gasteiger partial charge is 0.331 e. The Hall–Kier alpha value is -1.71. The molecule has 1 rings (SSSR count). The molecule has 0 fully saturated rings. The minimum atomic E-state index is -0.831. The van der Waals surface area contributed by atoms with Crippen molar-refractivity contribution in [2.24, 2.45) is 0 Å². The van der Waals surface area contributed by atoms with Crippen molar-refractivity contribution in [3.63, 3.8) is 0 Å². The van der Waals surface area contributed by atoms with Crippen molar-refractivity contribution in [1.29, 1.82) is 0 Å². The van der Waals surface area contributed by atoms with Gasteiger partial charge in [-0.1, -0.05) is 12.1 Å². The van der Waals surface area contributed by atoms with Crippen molar-refractivity contribution in [2.45, 2.75) is 45.8 Å². The summed E-state index contributed by atoms with van der Waals surface area (Å²) in [5, 5.41) is 3.11. The normalized spacial score (nSPS) is 12.1. The lowest BCUT2D eigenvalue weighted by molar-refractivity contribution is -0.159. The zero-order valence-electron chi connectivity index (χ0n) is 11.7. The molecule has 3 N–H and O–H groups in total. The summed E-state index contributed by atoms with van der Waals surface area (Å²) in [7, 11) is 0. The average Bonchev–Trinajstić information content (AvgIpc) is 2.18. The van der Waals surface area contributed by atoms with Gasteiger partial charge in [-0.05, 0) is 46.8 Å². The fourth-order valence-electron chi connectivity index (χ4n) is 1.40. The molecule has 4 nitrogen and oxygen atoms in total. The molecule has 1 aromatic carbocycles. The predicted molar refractivity (Wildman–Crippen MR) is 74.4 cm³/mol. The molecule has 0 unspecified atom stereocenters. The van der Waals surface area contributed by atoms with Gasteiger partial charge in [-0.2, -0.15) is 0 Å². The van der Waals surface area contributed by atoms with Crippen LogP contribution in [0.25, 0.3) is 0 Å². The van der Waals surface area contributed by atoms with E-state index in [0.29, 0.717) is 5.69 Å². The summed E-state index contributed by atoms with van der Waals surface area (Å²) >= 11 is 0. The van der Waals surface area contributed by atoms with Crippen molar-refractivity contribution in [3.05, 3.63) is 24.3 Å². The highest BCUT2D eigenvalue weighted by Crippen LogP contribution is 2.23. The Morgan fingerprint density at radius 1 is 1.17 bits per heavy atom. The summed E-state index contributed by atoms with van der Waals surface area (Å²) in [6.07, 6.45) is 0. The standard InChI is InChI=1S/C14H22N2O2/c1-13(2,3)18-12(17)14(4,5)16-11-9-7-6-8-10(11)15/h6-9,16H,15H2,1-5H3. The Balaban J connectivity index is 2.82. The molecule has 0 radical (unpaired) electrons. The minimum absolute atomic E-state index is 0.307. The molecule has 0 saturated carbocycles. The fraction of sp³-hybridized carbons (Fsp3) is 0.500. The van der Waals surface area contributed by atoms with E-state index >= 15 is 0 Å². The van der Waals surface area contributed by atoms with Crippen LogP contribution in [0.3, 0.4) is 0 Å². The molecule has 0 aliphatic heterocycles. The summed E-state index contributed by atoms with van der Waals surface area (Å²) < 4.78 is 5.37. The van der Waals surface area contributed by atoms with Gasteiger partial charge in [0.25, 0.3) is 0 Å². The molecule has 0 bridgehead atoms. The van der Waals surface area contributed by atoms with E-state index in [1.807, 2.05) is 39.0 Å². The number of rotatable bonds is 3. The largest absolute Gasteiger partial charge is 0.458 e. The third-order valence-corrected chi connectivity index (χ3v) is 2.32. The van der Waals surface area contributed by atoms with Crippen LogP contribution in [-0.2, 0) is 9.53 Å². The van der Waals surface area contributed by atoms with E-state index in [2.05, 4.69) is 5.32 Å². The van der Waals surface area contributed by atoms with Crippen LogP contribution in [0.5, 0.6) is 0 Å². The highest BCUT2D eigenvalue weighted by atomic mass is 16.6. The number of benzene rings is 1. The number of ether oxygens (including phenoxy) is 1. The van der Waals surface area contributed by atoms with Crippen LogP contribution >= 0.6 is 0 Å². The molecule has 0 heterocycles. The van der Waals surface area contributed by atoms with E-state index in [1.54, 1.807) is 19.9 Å². The molecule has 0 saturated heterocycles. The zero-order valence-corrected chi connectivity index (χ0v) is 11.7. The first kappa shape index (κ1) is 14.4. The number of nitrogens with one attached hydrogen (secondary N) is 1. The van der Waals surface area contributed by atoms with Gasteiger partial charge in [0.1, 0.15) is 11.1 Å². The van der Waals surface area contributed by atoms with Gasteiger partial charge < -0.3 is 15.8 Å². The molecule has 0 amide bonds. The fourth-order valence-corrected chi connectivity index (χ4v) is 1.40. The van der Waals surface area contributed by atoms with Crippen molar-refractivity contribution in [1.82, 2.24) is 0 Å². The number of nitrogens with two attached hydrogens (primary N) is 1. The number of esters is 1. The van der Waals surface area contributed by atoms with Gasteiger partial charge in [-0.15, -0.1) is 0 Å². The Labute approximate surface area is 109 Å². The van der Waals surface area contributed by atoms with E-state index < -0.39 is 11.1 Å². The van der Waals surface area contributed by atoms with Crippen molar-refractivity contribution >= 4 is 17.3 Å². The number of para-hydroxylation sites is 2. The SMILES string of the molecule is CC(C)(C)OC(=O)C(C)(C)Nc1ccccc1N. The molecule has 1 aromatic rings. The van der Waals surface area contributed by atoms with Crippen LogP contribution in [0.1, 0.15) is 34.6 Å². The van der Waals surface area contributed by atoms with Crippen LogP contribution in [-0.4, -0.2) is 17.1 Å². The van der Waals surface area contributed by atoms with Gasteiger partial charge in [0.15, 0.2) is 0 Å². The Morgan fingerprint density at radius 2 is 1.72 bits per heavy atom. The maximum absolute atomic E-state index is 12.1. The number of hydrogen-bond donors (Lipinski definition) is 2. The minimum Gasteiger partial charge on any atom is -0.458 e. The summed E-state index contributed by atoms with van der Waals surface area (Å²) in [4.78, 5) is 12.1. The lowest BCUT2D eigenvalue weighted by atomic mass is 10.0. The monoisotopic (exact) mass is 250 g/mol. The summed E-state index contributed by atoms with van der Waals surface area (Å²) in [5.74, 6) is -0.307. The van der Waals surface area contributed by atoms with Gasteiger partial charge >= 0.3 is 5.97 Å². The third-order valence-electron chi connectivity index (χ3n) is 2.32. The van der Waals surface area contributed by atoms with Crippen molar-refractivity contribution in [3.8, 4) is 0 Å². The molecule has 0 atom stereocenters. The predicted octanol–water partition coefficient (Wildman–Crippen LogP) is 2.80. The molecule has 100 valence electrons. The number of anilines is 2. The van der Waals surface area contributed by atoms with E-state index in [0.717, 1.165) is 5.69 Å². The van der Waals surface area contributed by atoms with Crippen LogP contribution < -0.4 is 11.1 Å². The Bertz CT molecular complexity index is 434. The lowest BCUT2D eigenvalue weighted by Crippen LogP contribution is -2.44.